The molecule has 0 N–H and O–H groups in total. The second-order valence-electron chi connectivity index (χ2n) is 4.37. The zero-order valence-electron chi connectivity index (χ0n) is 9.30. The zero-order valence-corrected chi connectivity index (χ0v) is 9.30. The lowest BCUT2D eigenvalue weighted by atomic mass is 10.1. The summed E-state index contributed by atoms with van der Waals surface area (Å²) in [4.78, 5) is 4.39. The predicted octanol–water partition coefficient (Wildman–Crippen LogP) is 2.61. The summed E-state index contributed by atoms with van der Waals surface area (Å²) in [5.74, 6) is 0. The molecule has 1 atom stereocenters. The smallest absolute Gasteiger partial charge is 0.0959 e. The van der Waals surface area contributed by atoms with E-state index in [1.54, 1.807) is 0 Å². The first kappa shape index (κ1) is 9.85. The van der Waals surface area contributed by atoms with Gasteiger partial charge in [-0.2, -0.15) is 0 Å². The van der Waals surface area contributed by atoms with Crippen molar-refractivity contribution in [3.63, 3.8) is 0 Å². The summed E-state index contributed by atoms with van der Waals surface area (Å²) < 4.78 is 7.95. The first-order valence-corrected chi connectivity index (χ1v) is 5.95. The van der Waals surface area contributed by atoms with Crippen molar-refractivity contribution in [2.75, 3.05) is 6.61 Å². The molecule has 1 aromatic carbocycles. The lowest BCUT2D eigenvalue weighted by Gasteiger charge is -2.23. The van der Waals surface area contributed by atoms with Gasteiger partial charge in [0.2, 0.25) is 0 Å². The zero-order chi connectivity index (χ0) is 10.8. The van der Waals surface area contributed by atoms with Crippen LogP contribution in [0.5, 0.6) is 0 Å². The fraction of sp³-hybridized carbons (Fsp3) is 0.462. The van der Waals surface area contributed by atoms with Crippen LogP contribution in [0.15, 0.2) is 30.6 Å². The molecular formula is C13H16N2O. The molecule has 0 amide bonds. The molecule has 2 aromatic rings. The number of nitrogens with zero attached hydrogens (tertiary/aromatic N) is 2. The molecule has 0 bridgehead atoms. The maximum absolute atomic E-state index is 5.75. The molecule has 0 spiro atoms. The molecule has 3 nitrogen and oxygen atoms in total. The van der Waals surface area contributed by atoms with E-state index in [1.165, 1.54) is 24.8 Å². The van der Waals surface area contributed by atoms with Crippen LogP contribution in [0.3, 0.4) is 0 Å². The molecule has 3 heteroatoms. The SMILES string of the molecule is c1ccc2c(c1)ncn2C[C@@H]1CCCCO1. The third-order valence-corrected chi connectivity index (χ3v) is 3.20. The standard InChI is InChI=1S/C13H16N2O/c1-2-7-13-12(6-1)14-10-15(13)9-11-5-3-4-8-16-11/h1-2,6-7,10-11H,3-5,8-9H2/t11-/m0/s1. The van der Waals surface area contributed by atoms with Crippen LogP contribution in [0, 0.1) is 0 Å². The normalized spacial score (nSPS) is 21.4. The van der Waals surface area contributed by atoms with Gasteiger partial charge in [-0.15, -0.1) is 0 Å². The summed E-state index contributed by atoms with van der Waals surface area (Å²) >= 11 is 0. The topological polar surface area (TPSA) is 27.1 Å². The van der Waals surface area contributed by atoms with Crippen LogP contribution in [0.2, 0.25) is 0 Å². The number of imidazole rings is 1. The third kappa shape index (κ3) is 1.83. The molecule has 1 aromatic heterocycles. The van der Waals surface area contributed by atoms with Crippen LogP contribution in [0.4, 0.5) is 0 Å². The number of fused-ring (bicyclic) bond motifs is 1. The molecule has 16 heavy (non-hydrogen) atoms. The molecule has 3 rings (SSSR count). The van der Waals surface area contributed by atoms with Crippen LogP contribution in [0.25, 0.3) is 11.0 Å². The summed E-state index contributed by atoms with van der Waals surface area (Å²) in [6.45, 7) is 1.85. The first-order valence-electron chi connectivity index (χ1n) is 5.95. The Kier molecular flexibility index (Phi) is 2.62. The van der Waals surface area contributed by atoms with Crippen molar-refractivity contribution in [1.29, 1.82) is 0 Å². The van der Waals surface area contributed by atoms with Crippen molar-refractivity contribution < 1.29 is 4.74 Å². The predicted molar refractivity (Wildman–Crippen MR) is 63.3 cm³/mol. The summed E-state index contributed by atoms with van der Waals surface area (Å²) in [6.07, 6.45) is 5.96. The minimum atomic E-state index is 0.367. The molecule has 0 unspecified atom stereocenters. The highest BCUT2D eigenvalue weighted by atomic mass is 16.5. The maximum atomic E-state index is 5.75. The van der Waals surface area contributed by atoms with E-state index in [0.717, 1.165) is 18.7 Å². The number of aromatic nitrogens is 2. The maximum Gasteiger partial charge on any atom is 0.0959 e. The number of hydrogen-bond donors (Lipinski definition) is 0. The Labute approximate surface area is 95.0 Å². The van der Waals surface area contributed by atoms with E-state index in [9.17, 15) is 0 Å². The summed E-state index contributed by atoms with van der Waals surface area (Å²) in [5.41, 5.74) is 2.27. The number of hydrogen-bond acceptors (Lipinski definition) is 2. The summed E-state index contributed by atoms with van der Waals surface area (Å²) in [5, 5.41) is 0. The van der Waals surface area contributed by atoms with E-state index in [1.807, 2.05) is 18.5 Å². The summed E-state index contributed by atoms with van der Waals surface area (Å²) in [6, 6.07) is 8.25. The average molecular weight is 216 g/mol. The quantitative estimate of drug-likeness (QED) is 0.771. The van der Waals surface area contributed by atoms with Crippen molar-refractivity contribution in [1.82, 2.24) is 9.55 Å². The van der Waals surface area contributed by atoms with Crippen LogP contribution in [-0.2, 0) is 11.3 Å². The highest BCUT2D eigenvalue weighted by molar-refractivity contribution is 5.74. The molecule has 2 heterocycles. The van der Waals surface area contributed by atoms with E-state index in [0.29, 0.717) is 6.10 Å². The molecule has 0 radical (unpaired) electrons. The minimum absolute atomic E-state index is 0.367. The van der Waals surface area contributed by atoms with Crippen LogP contribution in [-0.4, -0.2) is 22.3 Å². The highest BCUT2D eigenvalue weighted by Crippen LogP contribution is 2.17. The van der Waals surface area contributed by atoms with Gasteiger partial charge in [0.05, 0.1) is 30.0 Å². The fourth-order valence-corrected chi connectivity index (χ4v) is 2.33. The Balaban J connectivity index is 1.83. The van der Waals surface area contributed by atoms with Crippen LogP contribution in [0.1, 0.15) is 19.3 Å². The van der Waals surface area contributed by atoms with Gasteiger partial charge in [0.25, 0.3) is 0 Å². The Hall–Kier alpha value is -1.35. The van der Waals surface area contributed by atoms with E-state index >= 15 is 0 Å². The van der Waals surface area contributed by atoms with Gasteiger partial charge in [-0.05, 0) is 31.4 Å². The number of rotatable bonds is 2. The summed E-state index contributed by atoms with van der Waals surface area (Å²) in [7, 11) is 0. The van der Waals surface area contributed by atoms with Gasteiger partial charge in [-0.25, -0.2) is 4.98 Å². The second kappa shape index (κ2) is 4.26. The van der Waals surface area contributed by atoms with Crippen molar-refractivity contribution in [3.05, 3.63) is 30.6 Å². The molecule has 1 saturated heterocycles. The van der Waals surface area contributed by atoms with Crippen molar-refractivity contribution in [2.45, 2.75) is 31.9 Å². The highest BCUT2D eigenvalue weighted by Gasteiger charge is 2.15. The monoisotopic (exact) mass is 216 g/mol. The van der Waals surface area contributed by atoms with Gasteiger partial charge in [0.1, 0.15) is 0 Å². The fourth-order valence-electron chi connectivity index (χ4n) is 2.33. The molecular weight excluding hydrogens is 200 g/mol. The van der Waals surface area contributed by atoms with Crippen molar-refractivity contribution in [3.8, 4) is 0 Å². The van der Waals surface area contributed by atoms with Crippen molar-refractivity contribution in [2.24, 2.45) is 0 Å². The number of ether oxygens (including phenoxy) is 1. The number of benzene rings is 1. The molecule has 0 aliphatic carbocycles. The van der Waals surface area contributed by atoms with E-state index in [2.05, 4.69) is 21.7 Å². The third-order valence-electron chi connectivity index (χ3n) is 3.20. The first-order chi connectivity index (χ1) is 7.93. The Morgan fingerprint density at radius 2 is 2.25 bits per heavy atom. The Bertz CT molecular complexity index is 471. The van der Waals surface area contributed by atoms with Gasteiger partial charge >= 0.3 is 0 Å². The van der Waals surface area contributed by atoms with E-state index in [-0.39, 0.29) is 0 Å². The van der Waals surface area contributed by atoms with Gasteiger partial charge < -0.3 is 9.30 Å². The lowest BCUT2D eigenvalue weighted by Crippen LogP contribution is -2.24. The van der Waals surface area contributed by atoms with Crippen molar-refractivity contribution >= 4 is 11.0 Å². The van der Waals surface area contributed by atoms with Crippen LogP contribution >= 0.6 is 0 Å². The van der Waals surface area contributed by atoms with Gasteiger partial charge in [0.15, 0.2) is 0 Å². The van der Waals surface area contributed by atoms with Gasteiger partial charge in [-0.1, -0.05) is 12.1 Å². The number of para-hydroxylation sites is 2. The van der Waals surface area contributed by atoms with E-state index in [4.69, 9.17) is 4.74 Å². The minimum Gasteiger partial charge on any atom is -0.376 e. The molecule has 0 saturated carbocycles. The molecule has 1 aliphatic rings. The molecule has 1 fully saturated rings. The van der Waals surface area contributed by atoms with Crippen LogP contribution < -0.4 is 0 Å². The van der Waals surface area contributed by atoms with E-state index < -0.39 is 0 Å². The largest absolute Gasteiger partial charge is 0.376 e. The van der Waals surface area contributed by atoms with Gasteiger partial charge in [-0.3, -0.25) is 0 Å². The second-order valence-corrected chi connectivity index (χ2v) is 4.37. The average Bonchev–Trinajstić information content (AvgIpc) is 2.74. The Morgan fingerprint density at radius 3 is 3.12 bits per heavy atom. The molecule has 1 aliphatic heterocycles. The molecule has 84 valence electrons. The lowest BCUT2D eigenvalue weighted by molar-refractivity contribution is 0.00661. The van der Waals surface area contributed by atoms with Gasteiger partial charge in [0, 0.05) is 6.61 Å². The Morgan fingerprint density at radius 1 is 1.31 bits per heavy atom.